The number of hydrogen-bond acceptors (Lipinski definition) is 4. The molecule has 0 radical (unpaired) electrons. The normalized spacial score (nSPS) is 8.94. The molecule has 2 aromatic rings. The lowest BCUT2D eigenvalue weighted by molar-refractivity contribution is 0.112. The lowest BCUT2D eigenvalue weighted by Gasteiger charge is -1.96. The number of rotatable bonds is 1. The van der Waals surface area contributed by atoms with E-state index in [4.69, 9.17) is 15.3 Å². The Balaban J connectivity index is 0.000000171. The van der Waals surface area contributed by atoms with E-state index in [0.717, 1.165) is 11.8 Å². The van der Waals surface area contributed by atoms with Crippen molar-refractivity contribution in [1.29, 1.82) is 0 Å². The quantitative estimate of drug-likeness (QED) is 0.520. The van der Waals surface area contributed by atoms with Gasteiger partial charge in [-0.1, -0.05) is 36.4 Å². The van der Waals surface area contributed by atoms with Gasteiger partial charge in [-0.3, -0.25) is 4.79 Å². The van der Waals surface area contributed by atoms with Crippen molar-refractivity contribution in [2.75, 3.05) is 0 Å². The molecule has 0 saturated carbocycles. The summed E-state index contributed by atoms with van der Waals surface area (Å²) < 4.78 is 0. The monoisotopic (exact) mass is 232 g/mol. The molecule has 4 heteroatoms. The van der Waals surface area contributed by atoms with E-state index in [0.29, 0.717) is 0 Å². The SMILES string of the molecule is O=Cc1ccccc1.Oc1cccc(O)c1O. The predicted octanol–water partition coefficient (Wildman–Crippen LogP) is 2.30. The summed E-state index contributed by atoms with van der Waals surface area (Å²) in [5, 5.41) is 26.1. The fraction of sp³-hybridized carbons (Fsp3) is 0. The zero-order valence-corrected chi connectivity index (χ0v) is 8.95. The zero-order chi connectivity index (χ0) is 12.7. The highest BCUT2D eigenvalue weighted by molar-refractivity contribution is 5.74. The van der Waals surface area contributed by atoms with Crippen LogP contribution in [0.25, 0.3) is 0 Å². The number of carbonyl (C=O) groups is 1. The minimum absolute atomic E-state index is 0.310. The summed E-state index contributed by atoms with van der Waals surface area (Å²) in [5.41, 5.74) is 0.729. The molecular formula is C13H12O4. The van der Waals surface area contributed by atoms with Gasteiger partial charge in [-0.15, -0.1) is 0 Å². The minimum Gasteiger partial charge on any atom is -0.504 e. The first kappa shape index (κ1) is 12.6. The van der Waals surface area contributed by atoms with E-state index in [-0.39, 0.29) is 11.5 Å². The van der Waals surface area contributed by atoms with Gasteiger partial charge in [-0.2, -0.15) is 0 Å². The van der Waals surface area contributed by atoms with Crippen LogP contribution in [0, 0.1) is 0 Å². The molecule has 2 aromatic carbocycles. The van der Waals surface area contributed by atoms with Crippen LogP contribution >= 0.6 is 0 Å². The fourth-order valence-corrected chi connectivity index (χ4v) is 1.05. The van der Waals surface area contributed by atoms with Gasteiger partial charge in [0, 0.05) is 5.56 Å². The number of phenolic OH excluding ortho intramolecular Hbond substituents is 3. The Labute approximate surface area is 98.4 Å². The van der Waals surface area contributed by atoms with Crippen molar-refractivity contribution >= 4 is 6.29 Å². The van der Waals surface area contributed by atoms with Gasteiger partial charge in [0.2, 0.25) is 0 Å². The Hall–Kier alpha value is -2.49. The largest absolute Gasteiger partial charge is 0.504 e. The van der Waals surface area contributed by atoms with Crippen molar-refractivity contribution in [2.45, 2.75) is 0 Å². The van der Waals surface area contributed by atoms with E-state index in [1.807, 2.05) is 18.2 Å². The first-order valence-electron chi connectivity index (χ1n) is 4.85. The van der Waals surface area contributed by atoms with Gasteiger partial charge >= 0.3 is 0 Å². The molecular weight excluding hydrogens is 220 g/mol. The lowest BCUT2D eigenvalue weighted by atomic mass is 10.2. The van der Waals surface area contributed by atoms with Gasteiger partial charge < -0.3 is 15.3 Å². The average Bonchev–Trinajstić information content (AvgIpc) is 2.37. The van der Waals surface area contributed by atoms with Gasteiger partial charge in [0.15, 0.2) is 17.2 Å². The molecule has 0 aromatic heterocycles. The third-order valence-corrected chi connectivity index (χ3v) is 1.93. The van der Waals surface area contributed by atoms with Crippen molar-refractivity contribution in [3.63, 3.8) is 0 Å². The summed E-state index contributed by atoms with van der Waals surface area (Å²) in [7, 11) is 0. The van der Waals surface area contributed by atoms with Crippen molar-refractivity contribution in [2.24, 2.45) is 0 Å². The summed E-state index contributed by atoms with van der Waals surface area (Å²) in [6.45, 7) is 0. The highest BCUT2D eigenvalue weighted by atomic mass is 16.3. The summed E-state index contributed by atoms with van der Waals surface area (Å²) in [4.78, 5) is 10.0. The zero-order valence-electron chi connectivity index (χ0n) is 8.95. The molecule has 4 nitrogen and oxygen atoms in total. The smallest absolute Gasteiger partial charge is 0.200 e. The van der Waals surface area contributed by atoms with Crippen molar-refractivity contribution < 1.29 is 20.1 Å². The van der Waals surface area contributed by atoms with Crippen LogP contribution in [0.15, 0.2) is 48.5 Å². The molecule has 0 bridgehead atoms. The molecule has 0 saturated heterocycles. The standard InChI is InChI=1S/C7H6O.C6H6O3/c8-6-7-4-2-1-3-5-7;7-4-2-1-3-5(8)6(4)9/h1-6H;1-3,7-9H. The highest BCUT2D eigenvalue weighted by Crippen LogP contribution is 2.32. The van der Waals surface area contributed by atoms with Gasteiger partial charge in [0.05, 0.1) is 0 Å². The Morgan fingerprint density at radius 1 is 0.765 bits per heavy atom. The van der Waals surface area contributed by atoms with Crippen LogP contribution in [0.2, 0.25) is 0 Å². The molecule has 0 atom stereocenters. The van der Waals surface area contributed by atoms with Crippen LogP contribution < -0.4 is 0 Å². The molecule has 0 aliphatic heterocycles. The summed E-state index contributed by atoms with van der Waals surface area (Å²) in [6, 6.07) is 13.1. The Kier molecular flexibility index (Phi) is 4.57. The van der Waals surface area contributed by atoms with Crippen LogP contribution in [0.5, 0.6) is 17.2 Å². The summed E-state index contributed by atoms with van der Waals surface area (Å²) >= 11 is 0. The van der Waals surface area contributed by atoms with Crippen molar-refractivity contribution in [1.82, 2.24) is 0 Å². The number of phenols is 3. The molecule has 2 rings (SSSR count). The van der Waals surface area contributed by atoms with Gasteiger partial charge in [-0.25, -0.2) is 0 Å². The molecule has 0 fully saturated rings. The Bertz CT molecular complexity index is 460. The first-order valence-corrected chi connectivity index (χ1v) is 4.85. The van der Waals surface area contributed by atoms with E-state index in [1.165, 1.54) is 18.2 Å². The number of aldehydes is 1. The van der Waals surface area contributed by atoms with Gasteiger partial charge in [0.1, 0.15) is 6.29 Å². The maximum atomic E-state index is 10.0. The third kappa shape index (κ3) is 3.87. The first-order chi connectivity index (χ1) is 8.15. The van der Waals surface area contributed by atoms with Gasteiger partial charge in [-0.05, 0) is 12.1 Å². The topological polar surface area (TPSA) is 77.8 Å². The summed E-state index contributed by atoms with van der Waals surface area (Å²) in [6.07, 6.45) is 0.833. The number of para-hydroxylation sites is 1. The number of hydrogen-bond donors (Lipinski definition) is 3. The van der Waals surface area contributed by atoms with Crippen LogP contribution in [0.4, 0.5) is 0 Å². The molecule has 0 amide bonds. The van der Waals surface area contributed by atoms with Crippen molar-refractivity contribution in [3.8, 4) is 17.2 Å². The molecule has 17 heavy (non-hydrogen) atoms. The summed E-state index contributed by atoms with van der Waals surface area (Å²) in [5.74, 6) is -1.09. The second kappa shape index (κ2) is 6.17. The molecule has 3 N–H and O–H groups in total. The van der Waals surface area contributed by atoms with Crippen LogP contribution in [0.1, 0.15) is 10.4 Å². The van der Waals surface area contributed by atoms with Crippen LogP contribution in [-0.2, 0) is 0 Å². The second-order valence-corrected chi connectivity index (χ2v) is 3.17. The number of benzene rings is 2. The highest BCUT2D eigenvalue weighted by Gasteiger charge is 2.00. The molecule has 0 aliphatic carbocycles. The minimum atomic E-state index is -0.475. The molecule has 88 valence electrons. The van der Waals surface area contributed by atoms with E-state index < -0.39 is 5.75 Å². The molecule has 0 unspecified atom stereocenters. The lowest BCUT2D eigenvalue weighted by Crippen LogP contribution is -1.73. The Morgan fingerprint density at radius 2 is 1.29 bits per heavy atom. The number of carbonyl (C=O) groups excluding carboxylic acids is 1. The molecule has 0 spiro atoms. The second-order valence-electron chi connectivity index (χ2n) is 3.17. The van der Waals surface area contributed by atoms with Crippen molar-refractivity contribution in [3.05, 3.63) is 54.1 Å². The van der Waals surface area contributed by atoms with E-state index in [1.54, 1.807) is 12.1 Å². The van der Waals surface area contributed by atoms with Gasteiger partial charge in [0.25, 0.3) is 0 Å². The number of aromatic hydroxyl groups is 3. The third-order valence-electron chi connectivity index (χ3n) is 1.93. The average molecular weight is 232 g/mol. The van der Waals surface area contributed by atoms with Crippen LogP contribution in [-0.4, -0.2) is 21.6 Å². The predicted molar refractivity (Wildman–Crippen MR) is 63.3 cm³/mol. The maximum absolute atomic E-state index is 10.0. The maximum Gasteiger partial charge on any atom is 0.200 e. The van der Waals surface area contributed by atoms with Crippen LogP contribution in [0.3, 0.4) is 0 Å². The van der Waals surface area contributed by atoms with E-state index in [2.05, 4.69) is 0 Å². The molecule has 0 aliphatic rings. The molecule has 0 heterocycles. The Morgan fingerprint density at radius 3 is 1.65 bits per heavy atom. The van der Waals surface area contributed by atoms with E-state index >= 15 is 0 Å². The van der Waals surface area contributed by atoms with E-state index in [9.17, 15) is 4.79 Å². The fourth-order valence-electron chi connectivity index (χ4n) is 1.05.